The van der Waals surface area contributed by atoms with Crippen molar-refractivity contribution in [1.82, 2.24) is 9.71 Å². The number of pyridine rings is 1. The fourth-order valence-electron chi connectivity index (χ4n) is 1.92. The second-order valence-electron chi connectivity index (χ2n) is 4.67. The third kappa shape index (κ3) is 4.26. The van der Waals surface area contributed by atoms with Crippen molar-refractivity contribution < 1.29 is 8.42 Å². The van der Waals surface area contributed by atoms with Gasteiger partial charge in [0.05, 0.1) is 0 Å². The molecule has 0 aliphatic rings. The molecule has 0 unspecified atom stereocenters. The van der Waals surface area contributed by atoms with Gasteiger partial charge >= 0.3 is 0 Å². The van der Waals surface area contributed by atoms with E-state index in [2.05, 4.69) is 25.6 Å². The van der Waals surface area contributed by atoms with Gasteiger partial charge < -0.3 is 5.73 Å². The highest BCUT2D eigenvalue weighted by Gasteiger charge is 2.18. The highest BCUT2D eigenvalue weighted by atomic mass is 79.9. The molecule has 0 spiro atoms. The van der Waals surface area contributed by atoms with Crippen LogP contribution in [0.2, 0.25) is 0 Å². The van der Waals surface area contributed by atoms with Gasteiger partial charge in [0.1, 0.15) is 10.7 Å². The van der Waals surface area contributed by atoms with Crippen molar-refractivity contribution in [3.8, 4) is 0 Å². The normalized spacial score (nSPS) is 11.5. The number of sulfonamides is 1. The maximum Gasteiger partial charge on any atom is 0.244 e. The Labute approximate surface area is 132 Å². The molecular formula is C14H16BrN3O2S. The Morgan fingerprint density at radius 3 is 2.81 bits per heavy atom. The molecule has 21 heavy (non-hydrogen) atoms. The van der Waals surface area contributed by atoms with Gasteiger partial charge in [-0.3, -0.25) is 0 Å². The fraction of sp³-hybridized carbons (Fsp3) is 0.214. The van der Waals surface area contributed by atoms with E-state index in [1.165, 1.54) is 12.3 Å². The van der Waals surface area contributed by atoms with Crippen molar-refractivity contribution in [2.75, 3.05) is 12.3 Å². The Morgan fingerprint density at radius 2 is 2.10 bits per heavy atom. The van der Waals surface area contributed by atoms with Crippen molar-refractivity contribution in [2.24, 2.45) is 0 Å². The van der Waals surface area contributed by atoms with Crippen molar-refractivity contribution in [2.45, 2.75) is 18.2 Å². The van der Waals surface area contributed by atoms with Crippen molar-refractivity contribution in [3.63, 3.8) is 0 Å². The van der Waals surface area contributed by atoms with E-state index in [1.54, 1.807) is 0 Å². The third-order valence-corrected chi connectivity index (χ3v) is 4.85. The number of nitrogens with one attached hydrogen (secondary N) is 1. The summed E-state index contributed by atoms with van der Waals surface area (Å²) in [4.78, 5) is 3.82. The summed E-state index contributed by atoms with van der Waals surface area (Å²) < 4.78 is 27.5. The van der Waals surface area contributed by atoms with Crippen molar-refractivity contribution >= 4 is 31.8 Å². The summed E-state index contributed by atoms with van der Waals surface area (Å²) in [7, 11) is -3.66. The molecule has 112 valence electrons. The van der Waals surface area contributed by atoms with E-state index in [-0.39, 0.29) is 10.7 Å². The monoisotopic (exact) mass is 369 g/mol. The molecule has 0 aliphatic carbocycles. The zero-order valence-electron chi connectivity index (χ0n) is 11.5. The first-order valence-corrected chi connectivity index (χ1v) is 8.62. The summed E-state index contributed by atoms with van der Waals surface area (Å²) in [5, 5.41) is 0. The Hall–Kier alpha value is -1.44. The average molecular weight is 370 g/mol. The van der Waals surface area contributed by atoms with Crippen LogP contribution in [0, 0.1) is 6.92 Å². The number of halogens is 1. The molecule has 1 heterocycles. The number of nitrogen functional groups attached to an aromatic ring is 1. The number of benzene rings is 1. The predicted octanol–water partition coefficient (Wildman–Crippen LogP) is 2.26. The lowest BCUT2D eigenvalue weighted by Crippen LogP contribution is -2.27. The first kappa shape index (κ1) is 15.9. The molecule has 2 aromatic rings. The van der Waals surface area contributed by atoms with Gasteiger partial charge in [0, 0.05) is 17.2 Å². The number of rotatable bonds is 5. The standard InChI is InChI=1S/C14H16BrN3O2S/c1-10-3-2-4-11(7-10)5-6-18-21(19,20)13-8-12(15)9-17-14(13)16/h2-4,7-9,18H,5-6H2,1H3,(H2,16,17). The van der Waals surface area contributed by atoms with E-state index in [1.807, 2.05) is 31.2 Å². The highest BCUT2D eigenvalue weighted by Crippen LogP contribution is 2.20. The summed E-state index contributed by atoms with van der Waals surface area (Å²) in [6, 6.07) is 9.40. The molecule has 0 radical (unpaired) electrons. The van der Waals surface area contributed by atoms with Crippen LogP contribution in [-0.4, -0.2) is 19.9 Å². The summed E-state index contributed by atoms with van der Waals surface area (Å²) >= 11 is 3.19. The smallest absolute Gasteiger partial charge is 0.244 e. The van der Waals surface area contributed by atoms with Gasteiger partial charge in [-0.2, -0.15) is 0 Å². The molecule has 0 saturated heterocycles. The van der Waals surface area contributed by atoms with E-state index < -0.39 is 10.0 Å². The number of nitrogens with two attached hydrogens (primary N) is 1. The van der Waals surface area contributed by atoms with Gasteiger partial charge in [0.25, 0.3) is 0 Å². The molecular weight excluding hydrogens is 354 g/mol. The van der Waals surface area contributed by atoms with E-state index in [0.29, 0.717) is 17.4 Å². The SMILES string of the molecule is Cc1cccc(CCNS(=O)(=O)c2cc(Br)cnc2N)c1. The van der Waals surface area contributed by atoms with Crippen LogP contribution < -0.4 is 10.5 Å². The van der Waals surface area contributed by atoms with Crippen LogP contribution in [-0.2, 0) is 16.4 Å². The molecule has 3 N–H and O–H groups in total. The summed E-state index contributed by atoms with van der Waals surface area (Å²) in [5.41, 5.74) is 7.86. The summed E-state index contributed by atoms with van der Waals surface area (Å²) in [5.74, 6) is -0.0127. The second kappa shape index (κ2) is 6.55. The third-order valence-electron chi connectivity index (χ3n) is 2.93. The van der Waals surface area contributed by atoms with Crippen LogP contribution in [0.15, 0.2) is 45.9 Å². The van der Waals surface area contributed by atoms with Crippen molar-refractivity contribution in [1.29, 1.82) is 0 Å². The lowest BCUT2D eigenvalue weighted by atomic mass is 10.1. The molecule has 0 amide bonds. The van der Waals surface area contributed by atoms with Crippen LogP contribution in [0.3, 0.4) is 0 Å². The van der Waals surface area contributed by atoms with Gasteiger partial charge in [-0.05, 0) is 40.9 Å². The van der Waals surface area contributed by atoms with Crippen LogP contribution in [0.25, 0.3) is 0 Å². The number of hydrogen-bond donors (Lipinski definition) is 2. The number of aryl methyl sites for hydroxylation is 1. The van der Waals surface area contributed by atoms with Gasteiger partial charge in [0.2, 0.25) is 10.0 Å². The first-order valence-electron chi connectivity index (χ1n) is 6.35. The van der Waals surface area contributed by atoms with Crippen molar-refractivity contribution in [3.05, 3.63) is 52.1 Å². The minimum absolute atomic E-state index is 0.0127. The summed E-state index contributed by atoms with van der Waals surface area (Å²) in [6.45, 7) is 2.30. The number of hydrogen-bond acceptors (Lipinski definition) is 4. The van der Waals surface area contributed by atoms with Gasteiger partial charge in [0.15, 0.2) is 0 Å². The zero-order chi connectivity index (χ0) is 15.5. The molecule has 0 fully saturated rings. The molecule has 0 saturated carbocycles. The minimum atomic E-state index is -3.66. The van der Waals surface area contributed by atoms with E-state index in [9.17, 15) is 8.42 Å². The molecule has 7 heteroatoms. The lowest BCUT2D eigenvalue weighted by molar-refractivity contribution is 0.581. The van der Waals surface area contributed by atoms with Gasteiger partial charge in [-0.1, -0.05) is 29.8 Å². The molecule has 2 rings (SSSR count). The molecule has 0 bridgehead atoms. The number of anilines is 1. The minimum Gasteiger partial charge on any atom is -0.383 e. The Morgan fingerprint density at radius 1 is 1.33 bits per heavy atom. The molecule has 1 aromatic carbocycles. The quantitative estimate of drug-likeness (QED) is 0.846. The number of aromatic nitrogens is 1. The molecule has 0 aliphatic heterocycles. The van der Waals surface area contributed by atoms with Crippen LogP contribution in [0.5, 0.6) is 0 Å². The average Bonchev–Trinajstić information content (AvgIpc) is 2.41. The Balaban J connectivity index is 2.06. The van der Waals surface area contributed by atoms with Gasteiger partial charge in [-0.25, -0.2) is 18.1 Å². The molecule has 5 nitrogen and oxygen atoms in total. The largest absolute Gasteiger partial charge is 0.383 e. The molecule has 0 atom stereocenters. The fourth-order valence-corrected chi connectivity index (χ4v) is 3.54. The van der Waals surface area contributed by atoms with Crippen LogP contribution in [0.1, 0.15) is 11.1 Å². The molecule has 1 aromatic heterocycles. The van der Waals surface area contributed by atoms with Gasteiger partial charge in [-0.15, -0.1) is 0 Å². The zero-order valence-corrected chi connectivity index (χ0v) is 13.9. The first-order chi connectivity index (χ1) is 9.88. The summed E-state index contributed by atoms with van der Waals surface area (Å²) in [6.07, 6.45) is 2.07. The van der Waals surface area contributed by atoms with Crippen LogP contribution in [0.4, 0.5) is 5.82 Å². The predicted molar refractivity (Wildman–Crippen MR) is 86.4 cm³/mol. The van der Waals surface area contributed by atoms with E-state index >= 15 is 0 Å². The highest BCUT2D eigenvalue weighted by molar-refractivity contribution is 9.10. The van der Waals surface area contributed by atoms with E-state index in [0.717, 1.165) is 11.1 Å². The maximum atomic E-state index is 12.2. The lowest BCUT2D eigenvalue weighted by Gasteiger charge is -2.09. The number of nitrogens with zero attached hydrogens (tertiary/aromatic N) is 1. The van der Waals surface area contributed by atoms with E-state index in [4.69, 9.17) is 5.73 Å². The van der Waals surface area contributed by atoms with Crippen LogP contribution >= 0.6 is 15.9 Å². The second-order valence-corrected chi connectivity index (χ2v) is 7.32. The topological polar surface area (TPSA) is 85.1 Å². The Bertz CT molecular complexity index is 748. The Kier molecular flexibility index (Phi) is 4.97. The maximum absolute atomic E-state index is 12.2.